The SMILES string of the molecule is CC[N+](CC)(CC)CC(=Cc1ccc(OCc2cc(COc3ccc(C=C(C[N+](CC)(CC)CC)C[N+](CC)(CC)CC)cc3)cc(COc3ccc(C=C(C[N+](CC)(CC)CC)C[N+](CC)(CC)CC)cc3)c2)cc1)C[N+](CC)(CC)CC. The zero-order chi connectivity index (χ0) is 61.9. The average molecular weight is 1160 g/mol. The summed E-state index contributed by atoms with van der Waals surface area (Å²) in [6.45, 7) is 70.8. The van der Waals surface area contributed by atoms with E-state index in [1.54, 1.807) is 16.7 Å². The summed E-state index contributed by atoms with van der Waals surface area (Å²) in [7, 11) is 0. The molecule has 0 aromatic heterocycles. The summed E-state index contributed by atoms with van der Waals surface area (Å²) in [5.41, 5.74) is 11.6. The van der Waals surface area contributed by atoms with Crippen molar-refractivity contribution in [1.82, 2.24) is 0 Å². The summed E-state index contributed by atoms with van der Waals surface area (Å²) in [5.74, 6) is 2.60. The number of hydrogen-bond donors (Lipinski definition) is 0. The first-order valence-electron chi connectivity index (χ1n) is 33.9. The van der Waals surface area contributed by atoms with Gasteiger partial charge >= 0.3 is 0 Å². The second-order valence-corrected chi connectivity index (χ2v) is 24.8. The third-order valence-corrected chi connectivity index (χ3v) is 21.4. The largest absolute Gasteiger partial charge is 0.489 e. The number of rotatable bonds is 42. The standard InChI is InChI=1S/C75H126N6O3/c1-19-76(20-2,21-3)55-70(56-77(22-4,23-5)24-6)49-64-37-43-73(44-38-64)82-61-67-52-68(62-83-74-45-39-65(40-46-74)50-71(57-78(25-7,26-8)27-9)58-79(28-10,29-11)30-12)54-69(53-67)63-84-75-47-41-66(42-48-75)51-72(59-80(31-13,32-14)33-15)60-81(34-16,35-17)36-18/h37-54H,19-36,55-63H2,1-18H3/q+6. The maximum absolute atomic E-state index is 6.63. The van der Waals surface area contributed by atoms with Crippen molar-refractivity contribution in [3.63, 3.8) is 0 Å². The molecule has 4 aromatic carbocycles. The highest BCUT2D eigenvalue weighted by molar-refractivity contribution is 5.56. The van der Waals surface area contributed by atoms with Gasteiger partial charge in [0, 0.05) is 16.7 Å². The molecule has 0 atom stereocenters. The summed E-state index contributed by atoms with van der Waals surface area (Å²) in [6, 6.07) is 33.0. The Kier molecular flexibility index (Phi) is 30.0. The minimum absolute atomic E-state index is 0.436. The van der Waals surface area contributed by atoms with Crippen molar-refractivity contribution < 1.29 is 41.1 Å². The van der Waals surface area contributed by atoms with E-state index in [9.17, 15) is 0 Å². The molecule has 0 aliphatic heterocycles. The molecule has 0 aliphatic carbocycles. The van der Waals surface area contributed by atoms with Crippen molar-refractivity contribution in [2.24, 2.45) is 0 Å². The third kappa shape index (κ3) is 20.4. The normalized spacial score (nSPS) is 12.5. The fraction of sp³-hybridized carbons (Fsp3) is 0.600. The van der Waals surface area contributed by atoms with Crippen LogP contribution in [0.3, 0.4) is 0 Å². The van der Waals surface area contributed by atoms with E-state index < -0.39 is 0 Å². The maximum Gasteiger partial charge on any atom is 0.119 e. The Morgan fingerprint density at radius 1 is 0.250 bits per heavy atom. The Bertz CT molecular complexity index is 2160. The van der Waals surface area contributed by atoms with Gasteiger partial charge in [0.05, 0.1) is 118 Å². The summed E-state index contributed by atoms with van der Waals surface area (Å²) in [5, 5.41) is 0. The third-order valence-electron chi connectivity index (χ3n) is 21.4. The van der Waals surface area contributed by atoms with Crippen molar-refractivity contribution in [2.45, 2.75) is 144 Å². The van der Waals surface area contributed by atoms with Gasteiger partial charge in [-0.25, -0.2) is 0 Å². The van der Waals surface area contributed by atoms with E-state index in [4.69, 9.17) is 14.2 Å². The van der Waals surface area contributed by atoms with E-state index in [1.807, 2.05) is 0 Å². The molecule has 0 heterocycles. The minimum atomic E-state index is 0.436. The lowest BCUT2D eigenvalue weighted by molar-refractivity contribution is -0.932. The molecule has 4 rings (SSSR count). The predicted molar refractivity (Wildman–Crippen MR) is 363 cm³/mol. The molecule has 84 heavy (non-hydrogen) atoms. The van der Waals surface area contributed by atoms with Crippen LogP contribution >= 0.6 is 0 Å². The van der Waals surface area contributed by atoms with Crippen molar-refractivity contribution in [2.75, 3.05) is 157 Å². The highest BCUT2D eigenvalue weighted by Crippen LogP contribution is 2.27. The number of quaternary nitrogens is 6. The Morgan fingerprint density at radius 3 is 0.548 bits per heavy atom. The number of ether oxygens (including phenoxy) is 3. The molecule has 9 nitrogen and oxygen atoms in total. The lowest BCUT2D eigenvalue weighted by Gasteiger charge is -2.40. The Labute approximate surface area is 516 Å². The van der Waals surface area contributed by atoms with Gasteiger partial charge < -0.3 is 41.1 Å². The van der Waals surface area contributed by atoms with Gasteiger partial charge in [-0.15, -0.1) is 0 Å². The van der Waals surface area contributed by atoms with Crippen LogP contribution in [0.5, 0.6) is 17.2 Å². The Balaban J connectivity index is 1.67. The van der Waals surface area contributed by atoms with Crippen molar-refractivity contribution in [3.05, 3.63) is 141 Å². The first-order valence-corrected chi connectivity index (χ1v) is 33.9. The van der Waals surface area contributed by atoms with Crippen LogP contribution in [0.25, 0.3) is 18.2 Å². The van der Waals surface area contributed by atoms with Gasteiger partial charge in [-0.05, 0) is 231 Å². The molecule has 0 bridgehead atoms. The first kappa shape index (κ1) is 71.7. The van der Waals surface area contributed by atoms with Crippen molar-refractivity contribution in [3.8, 4) is 17.2 Å². The summed E-state index contributed by atoms with van der Waals surface area (Å²) in [4.78, 5) is 0. The van der Waals surface area contributed by atoms with Crippen LogP contribution in [-0.4, -0.2) is 184 Å². The molecule has 4 aromatic rings. The van der Waals surface area contributed by atoms with Gasteiger partial charge in [0.15, 0.2) is 0 Å². The lowest BCUT2D eigenvalue weighted by Crippen LogP contribution is -2.53. The second-order valence-electron chi connectivity index (χ2n) is 24.8. The zero-order valence-electron chi connectivity index (χ0n) is 57.4. The van der Waals surface area contributed by atoms with E-state index in [2.05, 4.69) is 234 Å². The Hall–Kier alpha value is -4.74. The molecule has 0 fully saturated rings. The molecule has 0 amide bonds. The van der Waals surface area contributed by atoms with Gasteiger partial charge in [0.2, 0.25) is 0 Å². The zero-order valence-corrected chi connectivity index (χ0v) is 57.4. The molecule has 0 spiro atoms. The van der Waals surface area contributed by atoms with E-state index in [0.717, 1.165) is 218 Å². The molecular formula is C75H126N6O3+6. The van der Waals surface area contributed by atoms with Crippen LogP contribution in [-0.2, 0) is 19.8 Å². The fourth-order valence-corrected chi connectivity index (χ4v) is 13.3. The minimum Gasteiger partial charge on any atom is -0.489 e. The quantitative estimate of drug-likeness (QED) is 0.0414. The molecule has 9 heteroatoms. The van der Waals surface area contributed by atoms with Gasteiger partial charge in [-0.3, -0.25) is 0 Å². The van der Waals surface area contributed by atoms with Crippen LogP contribution in [0.4, 0.5) is 0 Å². The molecule has 0 saturated carbocycles. The number of nitrogens with zero attached hydrogens (tertiary/aromatic N) is 6. The van der Waals surface area contributed by atoms with E-state index in [-0.39, 0.29) is 0 Å². The molecule has 0 radical (unpaired) electrons. The highest BCUT2D eigenvalue weighted by Gasteiger charge is 2.32. The number of likely N-dealkylation sites (N-methyl/N-ethyl adjacent to an activating group) is 6. The molecule has 0 aliphatic rings. The van der Waals surface area contributed by atoms with Gasteiger partial charge in [0.1, 0.15) is 76.3 Å². The summed E-state index contributed by atoms with van der Waals surface area (Å²) in [6.07, 6.45) is 7.42. The van der Waals surface area contributed by atoms with Crippen LogP contribution < -0.4 is 14.2 Å². The Morgan fingerprint density at radius 2 is 0.405 bits per heavy atom. The predicted octanol–water partition coefficient (Wildman–Crippen LogP) is 15.8. The monoisotopic (exact) mass is 1160 g/mol. The molecule has 0 saturated heterocycles. The first-order chi connectivity index (χ1) is 40.4. The highest BCUT2D eigenvalue weighted by atomic mass is 16.5. The van der Waals surface area contributed by atoms with Gasteiger partial charge in [-0.1, -0.05) is 36.4 Å². The van der Waals surface area contributed by atoms with Crippen LogP contribution in [0.2, 0.25) is 0 Å². The van der Waals surface area contributed by atoms with Crippen LogP contribution in [0.15, 0.2) is 108 Å². The van der Waals surface area contributed by atoms with Crippen molar-refractivity contribution >= 4 is 18.2 Å². The smallest absolute Gasteiger partial charge is 0.119 e. The molecule has 468 valence electrons. The molecular weight excluding hydrogens is 1030 g/mol. The van der Waals surface area contributed by atoms with E-state index >= 15 is 0 Å². The molecule has 0 N–H and O–H groups in total. The second kappa shape index (κ2) is 35.2. The lowest BCUT2D eigenvalue weighted by atomic mass is 10.1. The van der Waals surface area contributed by atoms with Gasteiger partial charge in [-0.2, -0.15) is 0 Å². The van der Waals surface area contributed by atoms with E-state index in [0.29, 0.717) is 19.8 Å². The topological polar surface area (TPSA) is 27.7 Å². The van der Waals surface area contributed by atoms with E-state index in [1.165, 1.54) is 16.7 Å². The van der Waals surface area contributed by atoms with Crippen molar-refractivity contribution in [1.29, 1.82) is 0 Å². The summed E-state index contributed by atoms with van der Waals surface area (Å²) >= 11 is 0. The van der Waals surface area contributed by atoms with Crippen LogP contribution in [0.1, 0.15) is 158 Å². The molecule has 0 unspecified atom stereocenters. The maximum atomic E-state index is 6.63. The number of benzene rings is 4. The van der Waals surface area contributed by atoms with Gasteiger partial charge in [0.25, 0.3) is 0 Å². The van der Waals surface area contributed by atoms with Crippen LogP contribution in [0, 0.1) is 0 Å². The average Bonchev–Trinajstić information content (AvgIpc) is 3.72. The number of hydrogen-bond acceptors (Lipinski definition) is 3. The fourth-order valence-electron chi connectivity index (χ4n) is 13.3. The summed E-state index contributed by atoms with van der Waals surface area (Å²) < 4.78 is 26.5.